The third-order valence-electron chi connectivity index (χ3n) is 4.76. The number of nitro benzene ring substituents is 2. The van der Waals surface area contributed by atoms with Crippen LogP contribution in [-0.2, 0) is 4.79 Å². The zero-order chi connectivity index (χ0) is 26.4. The summed E-state index contributed by atoms with van der Waals surface area (Å²) >= 11 is 1.12. The monoisotopic (exact) mass is 523 g/mol. The minimum atomic E-state index is -0.783. The quantitative estimate of drug-likeness (QED) is 0.133. The number of para-hydroxylation sites is 2. The van der Waals surface area contributed by atoms with E-state index in [-0.39, 0.29) is 23.0 Å². The summed E-state index contributed by atoms with van der Waals surface area (Å²) in [5.41, 5.74) is 3.16. The van der Waals surface area contributed by atoms with Crippen molar-refractivity contribution < 1.29 is 28.5 Å². The molecule has 4 rings (SSSR count). The smallest absolute Gasteiger partial charge is 0.318 e. The Balaban J connectivity index is 1.42. The van der Waals surface area contributed by atoms with Crippen LogP contribution in [0.5, 0.6) is 17.2 Å². The van der Waals surface area contributed by atoms with Crippen LogP contribution in [0, 0.1) is 20.2 Å². The highest BCUT2D eigenvalue weighted by Crippen LogP contribution is 2.38. The molecule has 0 saturated heterocycles. The maximum atomic E-state index is 12.1. The maximum absolute atomic E-state index is 12.1. The van der Waals surface area contributed by atoms with Crippen molar-refractivity contribution in [3.05, 3.63) is 86.5 Å². The van der Waals surface area contributed by atoms with Crippen LogP contribution in [0.2, 0.25) is 0 Å². The predicted molar refractivity (Wildman–Crippen MR) is 133 cm³/mol. The molecule has 1 N–H and O–H groups in total. The fraction of sp³-hybridized carbons (Fsp3) is 0.0870. The topological polar surface area (TPSA) is 172 Å². The van der Waals surface area contributed by atoms with Crippen LogP contribution in [0.4, 0.5) is 11.4 Å². The average Bonchev–Trinajstić information content (AvgIpc) is 3.31. The van der Waals surface area contributed by atoms with Gasteiger partial charge in [0.25, 0.3) is 16.8 Å². The summed E-state index contributed by atoms with van der Waals surface area (Å²) in [6, 6.07) is 14.9. The Labute approximate surface area is 212 Å². The summed E-state index contributed by atoms with van der Waals surface area (Å²) in [6.45, 7) is 0. The lowest BCUT2D eigenvalue weighted by Crippen LogP contribution is -2.19. The van der Waals surface area contributed by atoms with Gasteiger partial charge in [0.05, 0.1) is 35.0 Å². The van der Waals surface area contributed by atoms with Crippen molar-refractivity contribution in [2.24, 2.45) is 5.10 Å². The Kier molecular flexibility index (Phi) is 7.59. The molecule has 14 heteroatoms. The lowest BCUT2D eigenvalue weighted by atomic mass is 10.2. The van der Waals surface area contributed by atoms with Crippen LogP contribution in [0.25, 0.3) is 11.1 Å². The number of methoxy groups -OCH3 is 1. The SMILES string of the molecule is COc1ccc(/C=N\NC(=O)CSc2nc3ccccc3o2)cc1Oc1ccc([N+](=O)[O-])cc1[N+](=O)[O-]. The van der Waals surface area contributed by atoms with Gasteiger partial charge in [-0.05, 0) is 42.0 Å². The number of hydrogen-bond donors (Lipinski definition) is 1. The molecule has 0 fully saturated rings. The van der Waals surface area contributed by atoms with Gasteiger partial charge in [-0.15, -0.1) is 0 Å². The van der Waals surface area contributed by atoms with E-state index < -0.39 is 27.1 Å². The number of hydrazone groups is 1. The molecule has 0 aliphatic carbocycles. The summed E-state index contributed by atoms with van der Waals surface area (Å²) in [5.74, 6) is -0.238. The Morgan fingerprint density at radius 2 is 1.86 bits per heavy atom. The van der Waals surface area contributed by atoms with Gasteiger partial charge in [-0.3, -0.25) is 25.0 Å². The number of oxazole rings is 1. The largest absolute Gasteiger partial charge is 0.493 e. The Hall–Kier alpha value is -4.98. The maximum Gasteiger partial charge on any atom is 0.318 e. The van der Waals surface area contributed by atoms with Gasteiger partial charge in [-0.25, -0.2) is 10.4 Å². The number of carbonyl (C=O) groups is 1. The third kappa shape index (κ3) is 6.18. The van der Waals surface area contributed by atoms with Gasteiger partial charge in [0.2, 0.25) is 5.75 Å². The van der Waals surface area contributed by atoms with Crippen molar-refractivity contribution in [2.75, 3.05) is 12.9 Å². The first-order valence-corrected chi connectivity index (χ1v) is 11.4. The average molecular weight is 523 g/mol. The minimum Gasteiger partial charge on any atom is -0.493 e. The molecule has 0 saturated carbocycles. The Morgan fingerprint density at radius 3 is 2.59 bits per heavy atom. The fourth-order valence-electron chi connectivity index (χ4n) is 3.07. The predicted octanol–water partition coefficient (Wildman–Crippen LogP) is 4.69. The highest BCUT2D eigenvalue weighted by molar-refractivity contribution is 7.99. The lowest BCUT2D eigenvalue weighted by molar-refractivity contribution is -0.394. The van der Waals surface area contributed by atoms with Crippen molar-refractivity contribution in [3.8, 4) is 17.2 Å². The number of benzene rings is 3. The van der Waals surface area contributed by atoms with E-state index in [1.54, 1.807) is 24.3 Å². The second kappa shape index (κ2) is 11.2. The van der Waals surface area contributed by atoms with E-state index in [0.717, 1.165) is 30.0 Å². The van der Waals surface area contributed by atoms with Crippen LogP contribution in [0.3, 0.4) is 0 Å². The minimum absolute atomic E-state index is 0.0188. The van der Waals surface area contributed by atoms with Gasteiger partial charge < -0.3 is 13.9 Å². The van der Waals surface area contributed by atoms with Crippen LogP contribution in [0.1, 0.15) is 5.56 Å². The molecule has 13 nitrogen and oxygen atoms in total. The molecule has 0 aliphatic rings. The molecule has 1 amide bonds. The van der Waals surface area contributed by atoms with Crippen LogP contribution in [0.15, 0.2) is 75.4 Å². The van der Waals surface area contributed by atoms with Gasteiger partial charge in [0.1, 0.15) is 5.52 Å². The number of thioether (sulfide) groups is 1. The summed E-state index contributed by atoms with van der Waals surface area (Å²) < 4.78 is 16.4. The molecule has 1 aromatic heterocycles. The number of ether oxygens (including phenoxy) is 2. The fourth-order valence-corrected chi connectivity index (χ4v) is 3.70. The molecule has 1 heterocycles. The molecule has 3 aromatic carbocycles. The van der Waals surface area contributed by atoms with Crippen molar-refractivity contribution in [2.45, 2.75) is 5.22 Å². The van der Waals surface area contributed by atoms with Gasteiger partial charge in [-0.1, -0.05) is 23.9 Å². The van der Waals surface area contributed by atoms with Crippen molar-refractivity contribution in [1.82, 2.24) is 10.4 Å². The normalized spacial score (nSPS) is 10.9. The summed E-state index contributed by atoms with van der Waals surface area (Å²) in [4.78, 5) is 37.2. The molecule has 0 bridgehead atoms. The first-order chi connectivity index (χ1) is 17.8. The van der Waals surface area contributed by atoms with E-state index in [1.165, 1.54) is 19.4 Å². The zero-order valence-electron chi connectivity index (χ0n) is 19.0. The van der Waals surface area contributed by atoms with Gasteiger partial charge in [0, 0.05) is 6.07 Å². The molecular formula is C23H17N5O8S. The molecule has 188 valence electrons. The van der Waals surface area contributed by atoms with Crippen LogP contribution >= 0.6 is 11.8 Å². The highest BCUT2D eigenvalue weighted by Gasteiger charge is 2.22. The van der Waals surface area contributed by atoms with E-state index in [2.05, 4.69) is 15.5 Å². The first kappa shape index (κ1) is 25.1. The van der Waals surface area contributed by atoms with Gasteiger partial charge in [0.15, 0.2) is 17.1 Å². The summed E-state index contributed by atoms with van der Waals surface area (Å²) in [7, 11) is 1.38. The number of non-ortho nitro benzene ring substituents is 1. The number of carbonyl (C=O) groups excluding carboxylic acids is 1. The molecule has 0 radical (unpaired) electrons. The van der Waals surface area contributed by atoms with E-state index >= 15 is 0 Å². The molecule has 0 unspecified atom stereocenters. The molecular weight excluding hydrogens is 506 g/mol. The molecule has 0 spiro atoms. The third-order valence-corrected chi connectivity index (χ3v) is 5.59. The van der Waals surface area contributed by atoms with E-state index in [4.69, 9.17) is 13.9 Å². The number of fused-ring (bicyclic) bond motifs is 1. The Bertz CT molecular complexity index is 1490. The van der Waals surface area contributed by atoms with Crippen molar-refractivity contribution >= 4 is 46.4 Å². The number of hydrogen-bond acceptors (Lipinski definition) is 11. The Morgan fingerprint density at radius 1 is 1.08 bits per heavy atom. The highest BCUT2D eigenvalue weighted by atomic mass is 32.2. The number of nitrogens with zero attached hydrogens (tertiary/aromatic N) is 4. The first-order valence-electron chi connectivity index (χ1n) is 10.4. The number of nitrogens with one attached hydrogen (secondary N) is 1. The standard InChI is InChI=1S/C23H17N5O8S/c1-34-20-8-6-14(10-21(20)35-19-9-7-15(27(30)31)11-17(19)28(32)33)12-24-26-22(29)13-37-23-25-16-4-2-3-5-18(16)36-23/h2-12H,13H2,1H3,(H,26,29)/b24-12-. The number of nitro groups is 2. The summed E-state index contributed by atoms with van der Waals surface area (Å²) in [6.07, 6.45) is 1.35. The van der Waals surface area contributed by atoms with Gasteiger partial charge >= 0.3 is 5.69 Å². The van der Waals surface area contributed by atoms with Crippen LogP contribution < -0.4 is 14.9 Å². The molecule has 0 atom stereocenters. The molecule has 37 heavy (non-hydrogen) atoms. The van der Waals surface area contributed by atoms with E-state index in [1.807, 2.05) is 12.1 Å². The molecule has 0 aliphatic heterocycles. The van der Waals surface area contributed by atoms with Crippen molar-refractivity contribution in [3.63, 3.8) is 0 Å². The molecule has 4 aromatic rings. The lowest BCUT2D eigenvalue weighted by Gasteiger charge is -2.11. The van der Waals surface area contributed by atoms with Crippen LogP contribution in [-0.4, -0.2) is 39.8 Å². The number of rotatable bonds is 10. The second-order valence-electron chi connectivity index (χ2n) is 7.21. The summed E-state index contributed by atoms with van der Waals surface area (Å²) in [5, 5.41) is 26.6. The van der Waals surface area contributed by atoms with E-state index in [0.29, 0.717) is 21.9 Å². The van der Waals surface area contributed by atoms with Gasteiger partial charge in [-0.2, -0.15) is 5.10 Å². The zero-order valence-corrected chi connectivity index (χ0v) is 19.8. The second-order valence-corrected chi connectivity index (χ2v) is 8.13. The van der Waals surface area contributed by atoms with Crippen molar-refractivity contribution in [1.29, 1.82) is 0 Å². The number of aromatic nitrogens is 1. The van der Waals surface area contributed by atoms with E-state index in [9.17, 15) is 25.0 Å². The number of amides is 1.